The number of hydrogen-bond acceptors (Lipinski definition) is 8. The van der Waals surface area contributed by atoms with Crippen LogP contribution in [0.15, 0.2) is 18.3 Å². The summed E-state index contributed by atoms with van der Waals surface area (Å²) in [5.74, 6) is -1.85. The standard InChI is InChI=1S/C19H24F2N6O4S/c1-31-19(32)22-8-12-9-27(24-23-12)13-6-15(20)18(16(21)7-13)25-3-2-17(30)26(5-4-25)10-14(29)11-28/h6-7,9,14,28-29H,2-5,8,10-11H2,1H3,(H,22,32). The van der Waals surface area contributed by atoms with Gasteiger partial charge in [-0.3, -0.25) is 4.79 Å². The van der Waals surface area contributed by atoms with Crippen LogP contribution in [0.1, 0.15) is 12.1 Å². The van der Waals surface area contributed by atoms with E-state index in [0.29, 0.717) is 5.69 Å². The van der Waals surface area contributed by atoms with E-state index in [4.69, 9.17) is 22.1 Å². The molecule has 0 aliphatic carbocycles. The first kappa shape index (κ1) is 23.8. The summed E-state index contributed by atoms with van der Waals surface area (Å²) in [5, 5.41) is 29.4. The molecule has 3 N–H and O–H groups in total. The Morgan fingerprint density at radius 1 is 1.31 bits per heavy atom. The number of aliphatic hydroxyl groups excluding tert-OH is 2. The minimum absolute atomic E-state index is 0.0293. The Bertz CT molecular complexity index is 952. The van der Waals surface area contributed by atoms with Gasteiger partial charge in [-0.15, -0.1) is 5.10 Å². The number of aliphatic hydroxyl groups is 2. The van der Waals surface area contributed by atoms with Gasteiger partial charge in [-0.25, -0.2) is 13.5 Å². The van der Waals surface area contributed by atoms with Crippen molar-refractivity contribution < 1.29 is 28.5 Å². The first-order valence-corrected chi connectivity index (χ1v) is 10.3. The first-order chi connectivity index (χ1) is 15.3. The molecule has 0 saturated carbocycles. The maximum atomic E-state index is 14.9. The van der Waals surface area contributed by atoms with Crippen molar-refractivity contribution in [3.8, 4) is 5.69 Å². The number of methoxy groups -OCH3 is 1. The third-order valence-electron chi connectivity index (χ3n) is 4.95. The fraction of sp³-hybridized carbons (Fsp3) is 0.474. The largest absolute Gasteiger partial charge is 0.474 e. The summed E-state index contributed by atoms with van der Waals surface area (Å²) in [7, 11) is 1.43. The molecular weight excluding hydrogens is 446 g/mol. The Morgan fingerprint density at radius 2 is 2.03 bits per heavy atom. The molecule has 1 aliphatic rings. The summed E-state index contributed by atoms with van der Waals surface area (Å²) in [4.78, 5) is 15.1. The molecule has 1 fully saturated rings. The normalized spacial score (nSPS) is 15.5. The molecule has 1 saturated heterocycles. The number of carbonyl (C=O) groups excluding carboxylic acids is 1. The van der Waals surface area contributed by atoms with Crippen molar-refractivity contribution in [1.29, 1.82) is 0 Å². The molecule has 174 valence electrons. The predicted molar refractivity (Wildman–Crippen MR) is 114 cm³/mol. The Kier molecular flexibility index (Phi) is 7.88. The van der Waals surface area contributed by atoms with E-state index in [1.165, 1.54) is 27.8 Å². The Labute approximate surface area is 188 Å². The Balaban J connectivity index is 1.74. The summed E-state index contributed by atoms with van der Waals surface area (Å²) in [6.07, 6.45) is 0.474. The van der Waals surface area contributed by atoms with Crippen molar-refractivity contribution in [1.82, 2.24) is 25.2 Å². The second-order valence-electron chi connectivity index (χ2n) is 7.17. The lowest BCUT2D eigenvalue weighted by Gasteiger charge is -2.25. The van der Waals surface area contributed by atoms with Gasteiger partial charge in [-0.1, -0.05) is 5.21 Å². The van der Waals surface area contributed by atoms with Gasteiger partial charge in [0.15, 0.2) is 11.6 Å². The van der Waals surface area contributed by atoms with Crippen molar-refractivity contribution in [2.45, 2.75) is 19.1 Å². The second kappa shape index (κ2) is 10.6. The highest BCUT2D eigenvalue weighted by Crippen LogP contribution is 2.27. The van der Waals surface area contributed by atoms with Gasteiger partial charge in [0.2, 0.25) is 5.91 Å². The summed E-state index contributed by atoms with van der Waals surface area (Å²) in [6, 6.07) is 2.29. The number of aromatic nitrogens is 3. The zero-order valence-electron chi connectivity index (χ0n) is 17.4. The molecule has 13 heteroatoms. The topological polar surface area (TPSA) is 116 Å². The predicted octanol–water partition coefficient (Wildman–Crippen LogP) is -0.0417. The molecule has 2 aromatic rings. The number of β-amino-alcohol motifs (C(OH)–C–C–N with tert-alkyl or cyclic N) is 1. The van der Waals surface area contributed by atoms with Crippen LogP contribution in [-0.4, -0.2) is 87.2 Å². The van der Waals surface area contributed by atoms with E-state index in [9.17, 15) is 18.7 Å². The van der Waals surface area contributed by atoms with Crippen LogP contribution in [0.4, 0.5) is 14.5 Å². The number of anilines is 1. The monoisotopic (exact) mass is 470 g/mol. The van der Waals surface area contributed by atoms with Gasteiger partial charge in [-0.05, 0) is 12.2 Å². The van der Waals surface area contributed by atoms with Crippen LogP contribution in [0.5, 0.6) is 0 Å². The first-order valence-electron chi connectivity index (χ1n) is 9.86. The molecule has 32 heavy (non-hydrogen) atoms. The van der Waals surface area contributed by atoms with E-state index in [-0.39, 0.29) is 61.6 Å². The van der Waals surface area contributed by atoms with Gasteiger partial charge in [0, 0.05) is 44.7 Å². The SMILES string of the molecule is COC(=S)NCc1cn(-c2cc(F)c(N3CCC(=O)N(CC(O)CO)CC3)c(F)c2)nn1. The molecule has 0 radical (unpaired) electrons. The molecule has 1 amide bonds. The molecule has 1 aromatic heterocycles. The van der Waals surface area contributed by atoms with Gasteiger partial charge >= 0.3 is 0 Å². The third-order valence-corrected chi connectivity index (χ3v) is 5.26. The number of benzene rings is 1. The summed E-state index contributed by atoms with van der Waals surface area (Å²) in [6.45, 7) is 0.188. The van der Waals surface area contributed by atoms with Crippen LogP contribution in [0.3, 0.4) is 0 Å². The Hall–Kier alpha value is -2.90. The second-order valence-corrected chi connectivity index (χ2v) is 7.54. The maximum Gasteiger partial charge on any atom is 0.256 e. The lowest BCUT2D eigenvalue weighted by atomic mass is 10.2. The number of carbonyl (C=O) groups is 1. The number of hydrogen-bond donors (Lipinski definition) is 3. The molecule has 1 aliphatic heterocycles. The average Bonchev–Trinajstić information content (AvgIpc) is 3.18. The fourth-order valence-electron chi connectivity index (χ4n) is 3.32. The highest BCUT2D eigenvalue weighted by atomic mass is 32.1. The molecule has 0 spiro atoms. The maximum absolute atomic E-state index is 14.9. The molecule has 0 bridgehead atoms. The number of ether oxygens (including phenoxy) is 1. The number of halogens is 2. The summed E-state index contributed by atoms with van der Waals surface area (Å²) >= 11 is 4.88. The van der Waals surface area contributed by atoms with Gasteiger partial charge < -0.3 is 30.1 Å². The van der Waals surface area contributed by atoms with E-state index in [2.05, 4.69) is 15.6 Å². The van der Waals surface area contributed by atoms with Crippen molar-refractivity contribution in [2.75, 3.05) is 44.8 Å². The van der Waals surface area contributed by atoms with Gasteiger partial charge in [0.05, 0.1) is 38.2 Å². The smallest absolute Gasteiger partial charge is 0.256 e. The van der Waals surface area contributed by atoms with Crippen molar-refractivity contribution in [3.05, 3.63) is 35.7 Å². The van der Waals surface area contributed by atoms with Crippen LogP contribution in [0.25, 0.3) is 5.69 Å². The van der Waals surface area contributed by atoms with Crippen LogP contribution in [0, 0.1) is 11.6 Å². The van der Waals surface area contributed by atoms with E-state index in [1.807, 2.05) is 0 Å². The highest BCUT2D eigenvalue weighted by molar-refractivity contribution is 7.80. The molecule has 3 rings (SSSR count). The number of nitrogens with zero attached hydrogens (tertiary/aromatic N) is 5. The molecular formula is C19H24F2N6O4S. The minimum Gasteiger partial charge on any atom is -0.474 e. The highest BCUT2D eigenvalue weighted by Gasteiger charge is 2.26. The van der Waals surface area contributed by atoms with E-state index < -0.39 is 24.3 Å². The quantitative estimate of drug-likeness (QED) is 0.480. The van der Waals surface area contributed by atoms with Crippen LogP contribution >= 0.6 is 12.2 Å². The zero-order valence-corrected chi connectivity index (χ0v) is 18.2. The molecule has 1 atom stereocenters. The molecule has 10 nitrogen and oxygen atoms in total. The van der Waals surface area contributed by atoms with E-state index in [1.54, 1.807) is 0 Å². The molecule has 1 unspecified atom stereocenters. The summed E-state index contributed by atoms with van der Waals surface area (Å²) < 4.78 is 35.9. The lowest BCUT2D eigenvalue weighted by molar-refractivity contribution is -0.132. The van der Waals surface area contributed by atoms with Gasteiger partial charge in [-0.2, -0.15) is 0 Å². The van der Waals surface area contributed by atoms with Crippen LogP contribution in [0.2, 0.25) is 0 Å². The van der Waals surface area contributed by atoms with Gasteiger partial charge in [0.25, 0.3) is 5.17 Å². The number of rotatable bonds is 7. The van der Waals surface area contributed by atoms with E-state index in [0.717, 1.165) is 12.1 Å². The van der Waals surface area contributed by atoms with E-state index >= 15 is 0 Å². The van der Waals surface area contributed by atoms with Crippen molar-refractivity contribution >= 4 is 29.0 Å². The third kappa shape index (κ3) is 5.66. The number of thiocarbonyl (C=S) groups is 1. The fourth-order valence-corrected chi connectivity index (χ4v) is 3.39. The van der Waals surface area contributed by atoms with Crippen molar-refractivity contribution in [2.24, 2.45) is 0 Å². The minimum atomic E-state index is -1.06. The molecule has 1 aromatic carbocycles. The molecule has 2 heterocycles. The van der Waals surface area contributed by atoms with Gasteiger partial charge in [0.1, 0.15) is 11.4 Å². The summed E-state index contributed by atoms with van der Waals surface area (Å²) in [5.41, 5.74) is 0.402. The number of amides is 1. The lowest BCUT2D eigenvalue weighted by Crippen LogP contribution is -2.40. The van der Waals surface area contributed by atoms with Crippen LogP contribution < -0.4 is 10.2 Å². The zero-order chi connectivity index (χ0) is 23.3. The Morgan fingerprint density at radius 3 is 2.69 bits per heavy atom. The average molecular weight is 471 g/mol. The van der Waals surface area contributed by atoms with Crippen molar-refractivity contribution in [3.63, 3.8) is 0 Å². The number of nitrogens with one attached hydrogen (secondary N) is 1. The van der Waals surface area contributed by atoms with Crippen LogP contribution in [-0.2, 0) is 16.1 Å².